The average molecular weight is 263 g/mol. The van der Waals surface area contributed by atoms with Gasteiger partial charge >= 0.3 is 0 Å². The Balaban J connectivity index is 2.41. The largest absolute Gasteiger partial charge is 0.488 e. The molecular formula is C14H21N3O2. The Labute approximate surface area is 113 Å². The number of hydrogen-bond donors (Lipinski definition) is 2. The van der Waals surface area contributed by atoms with Crippen LogP contribution in [0.1, 0.15) is 17.3 Å². The number of carbonyl (C=O) groups excluding carboxylic acids is 1. The van der Waals surface area contributed by atoms with E-state index in [-0.39, 0.29) is 17.9 Å². The molecule has 1 amide bonds. The summed E-state index contributed by atoms with van der Waals surface area (Å²) in [6.45, 7) is 3.50. The molecular weight excluding hydrogens is 242 g/mol. The summed E-state index contributed by atoms with van der Waals surface area (Å²) in [6.07, 6.45) is 0.0305. The molecule has 0 aliphatic carbocycles. The molecule has 104 valence electrons. The summed E-state index contributed by atoms with van der Waals surface area (Å²) < 4.78 is 6.00. The van der Waals surface area contributed by atoms with Crippen molar-refractivity contribution < 1.29 is 9.53 Å². The molecule has 1 aromatic rings. The second kappa shape index (κ2) is 5.48. The standard InChI is InChI=1S/C14H21N3O2/c1-9-8-17(3)14(18)11-6-10(15)4-5-12(11)19-13(9)7-16-2/h4-6,9,13,16H,7-8,15H2,1-3H3/t9-,13-/m1/s1. The number of benzene rings is 1. The van der Waals surface area contributed by atoms with Gasteiger partial charge in [-0.15, -0.1) is 0 Å². The fourth-order valence-electron chi connectivity index (χ4n) is 2.38. The van der Waals surface area contributed by atoms with Crippen LogP contribution >= 0.6 is 0 Å². The van der Waals surface area contributed by atoms with Crippen LogP contribution in [-0.4, -0.2) is 44.1 Å². The van der Waals surface area contributed by atoms with Gasteiger partial charge in [0.1, 0.15) is 11.9 Å². The zero-order valence-electron chi connectivity index (χ0n) is 11.6. The van der Waals surface area contributed by atoms with Crippen molar-refractivity contribution >= 4 is 11.6 Å². The second-order valence-corrected chi connectivity index (χ2v) is 5.13. The Morgan fingerprint density at radius 2 is 2.26 bits per heavy atom. The maximum Gasteiger partial charge on any atom is 0.257 e. The lowest BCUT2D eigenvalue weighted by Gasteiger charge is -2.32. The molecule has 19 heavy (non-hydrogen) atoms. The van der Waals surface area contributed by atoms with Crippen LogP contribution in [-0.2, 0) is 0 Å². The van der Waals surface area contributed by atoms with E-state index in [4.69, 9.17) is 10.5 Å². The highest BCUT2D eigenvalue weighted by Gasteiger charge is 2.28. The SMILES string of the molecule is CNC[C@H]1Oc2ccc(N)cc2C(=O)N(C)C[C@H]1C. The van der Waals surface area contributed by atoms with Gasteiger partial charge in [0.05, 0.1) is 5.56 Å². The topological polar surface area (TPSA) is 67.6 Å². The molecule has 0 unspecified atom stereocenters. The highest BCUT2D eigenvalue weighted by atomic mass is 16.5. The number of nitrogens with one attached hydrogen (secondary N) is 1. The predicted octanol–water partition coefficient (Wildman–Crippen LogP) is 0.957. The van der Waals surface area contributed by atoms with E-state index in [2.05, 4.69) is 12.2 Å². The van der Waals surface area contributed by atoms with Crippen LogP contribution in [0.3, 0.4) is 0 Å². The molecule has 1 heterocycles. The van der Waals surface area contributed by atoms with Crippen molar-refractivity contribution in [3.63, 3.8) is 0 Å². The number of amides is 1. The van der Waals surface area contributed by atoms with Crippen molar-refractivity contribution in [2.75, 3.05) is 32.9 Å². The maximum absolute atomic E-state index is 12.3. The quantitative estimate of drug-likeness (QED) is 0.780. The van der Waals surface area contributed by atoms with E-state index < -0.39 is 0 Å². The highest BCUT2D eigenvalue weighted by Crippen LogP contribution is 2.27. The molecule has 0 bridgehead atoms. The first-order valence-corrected chi connectivity index (χ1v) is 6.49. The van der Waals surface area contributed by atoms with Gasteiger partial charge in [-0.25, -0.2) is 0 Å². The number of nitrogens with zero attached hydrogens (tertiary/aromatic N) is 1. The van der Waals surface area contributed by atoms with E-state index >= 15 is 0 Å². The molecule has 0 radical (unpaired) electrons. The molecule has 1 aliphatic rings. The molecule has 5 heteroatoms. The normalized spacial score (nSPS) is 23.3. The summed E-state index contributed by atoms with van der Waals surface area (Å²) in [5, 5.41) is 3.13. The van der Waals surface area contributed by atoms with Gasteiger partial charge in [-0.05, 0) is 25.2 Å². The molecule has 0 saturated carbocycles. The lowest BCUT2D eigenvalue weighted by molar-refractivity contribution is 0.0637. The number of likely N-dealkylation sites (N-methyl/N-ethyl adjacent to an activating group) is 1. The van der Waals surface area contributed by atoms with E-state index in [9.17, 15) is 4.79 Å². The van der Waals surface area contributed by atoms with Crippen molar-refractivity contribution in [2.45, 2.75) is 13.0 Å². The smallest absolute Gasteiger partial charge is 0.257 e. The Kier molecular flexibility index (Phi) is 3.95. The number of nitrogen functional groups attached to an aromatic ring is 1. The van der Waals surface area contributed by atoms with E-state index in [1.807, 2.05) is 14.1 Å². The summed E-state index contributed by atoms with van der Waals surface area (Å²) in [5.41, 5.74) is 6.87. The molecule has 3 N–H and O–H groups in total. The summed E-state index contributed by atoms with van der Waals surface area (Å²) in [4.78, 5) is 14.1. The minimum Gasteiger partial charge on any atom is -0.488 e. The van der Waals surface area contributed by atoms with Gasteiger partial charge in [0, 0.05) is 31.7 Å². The van der Waals surface area contributed by atoms with Crippen LogP contribution in [0.2, 0.25) is 0 Å². The van der Waals surface area contributed by atoms with Crippen molar-refractivity contribution in [3.8, 4) is 5.75 Å². The zero-order valence-corrected chi connectivity index (χ0v) is 11.6. The first kappa shape index (κ1) is 13.7. The number of ether oxygens (including phenoxy) is 1. The fraction of sp³-hybridized carbons (Fsp3) is 0.500. The maximum atomic E-state index is 12.3. The number of carbonyl (C=O) groups is 1. The number of rotatable bonds is 2. The fourth-order valence-corrected chi connectivity index (χ4v) is 2.38. The van der Waals surface area contributed by atoms with Gasteiger partial charge in [-0.1, -0.05) is 6.92 Å². The summed E-state index contributed by atoms with van der Waals surface area (Å²) >= 11 is 0. The first-order chi connectivity index (χ1) is 9.02. The van der Waals surface area contributed by atoms with Crippen molar-refractivity contribution in [2.24, 2.45) is 5.92 Å². The lowest BCUT2D eigenvalue weighted by atomic mass is 10.0. The molecule has 0 spiro atoms. The van der Waals surface area contributed by atoms with Gasteiger partial charge in [0.25, 0.3) is 5.91 Å². The van der Waals surface area contributed by atoms with Crippen LogP contribution in [0.5, 0.6) is 5.75 Å². The minimum absolute atomic E-state index is 0.0305. The van der Waals surface area contributed by atoms with Crippen molar-refractivity contribution in [1.82, 2.24) is 10.2 Å². The van der Waals surface area contributed by atoms with Gasteiger partial charge in [0.15, 0.2) is 0 Å². The van der Waals surface area contributed by atoms with Gasteiger partial charge in [0.2, 0.25) is 0 Å². The van der Waals surface area contributed by atoms with Gasteiger partial charge < -0.3 is 20.7 Å². The second-order valence-electron chi connectivity index (χ2n) is 5.13. The third-order valence-corrected chi connectivity index (χ3v) is 3.46. The van der Waals surface area contributed by atoms with Crippen LogP contribution in [0, 0.1) is 5.92 Å². The Morgan fingerprint density at radius 3 is 2.95 bits per heavy atom. The Bertz CT molecular complexity index is 476. The molecule has 5 nitrogen and oxygen atoms in total. The average Bonchev–Trinajstić information content (AvgIpc) is 2.38. The van der Waals surface area contributed by atoms with Gasteiger partial charge in [-0.3, -0.25) is 4.79 Å². The van der Waals surface area contributed by atoms with Crippen LogP contribution in [0.4, 0.5) is 5.69 Å². The number of fused-ring (bicyclic) bond motifs is 1. The minimum atomic E-state index is -0.0444. The molecule has 2 atom stereocenters. The van der Waals surface area contributed by atoms with E-state index in [0.717, 1.165) is 6.54 Å². The number of hydrogen-bond acceptors (Lipinski definition) is 4. The van der Waals surface area contributed by atoms with E-state index in [0.29, 0.717) is 23.5 Å². The van der Waals surface area contributed by atoms with E-state index in [1.54, 1.807) is 23.1 Å². The summed E-state index contributed by atoms with van der Waals surface area (Å²) in [5.74, 6) is 0.821. The summed E-state index contributed by atoms with van der Waals surface area (Å²) in [7, 11) is 3.71. The number of nitrogens with two attached hydrogens (primary N) is 1. The predicted molar refractivity (Wildman–Crippen MR) is 75.3 cm³/mol. The van der Waals surface area contributed by atoms with Crippen molar-refractivity contribution in [3.05, 3.63) is 23.8 Å². The van der Waals surface area contributed by atoms with Crippen LogP contribution in [0.25, 0.3) is 0 Å². The monoisotopic (exact) mass is 263 g/mol. The molecule has 1 aliphatic heterocycles. The Hall–Kier alpha value is -1.75. The molecule has 0 aromatic heterocycles. The number of anilines is 1. The molecule has 2 rings (SSSR count). The Morgan fingerprint density at radius 1 is 1.53 bits per heavy atom. The highest BCUT2D eigenvalue weighted by molar-refractivity contribution is 5.97. The third-order valence-electron chi connectivity index (χ3n) is 3.46. The van der Waals surface area contributed by atoms with Crippen LogP contribution < -0.4 is 15.8 Å². The van der Waals surface area contributed by atoms with Gasteiger partial charge in [-0.2, -0.15) is 0 Å². The first-order valence-electron chi connectivity index (χ1n) is 6.49. The molecule has 1 aromatic carbocycles. The van der Waals surface area contributed by atoms with Crippen molar-refractivity contribution in [1.29, 1.82) is 0 Å². The lowest BCUT2D eigenvalue weighted by Crippen LogP contribution is -2.44. The van der Waals surface area contributed by atoms with Crippen LogP contribution in [0.15, 0.2) is 18.2 Å². The van der Waals surface area contributed by atoms with E-state index in [1.165, 1.54) is 0 Å². The zero-order chi connectivity index (χ0) is 14.0. The summed E-state index contributed by atoms with van der Waals surface area (Å²) in [6, 6.07) is 5.21. The molecule has 0 saturated heterocycles. The third kappa shape index (κ3) is 2.81. The molecule has 0 fully saturated rings.